The van der Waals surface area contributed by atoms with Gasteiger partial charge in [-0.05, 0) is 31.0 Å². The molecule has 0 saturated heterocycles. The van der Waals surface area contributed by atoms with Crippen molar-refractivity contribution < 1.29 is 4.79 Å². The summed E-state index contributed by atoms with van der Waals surface area (Å²) in [6.07, 6.45) is 4.15. The molecular weight excluding hydrogens is 254 g/mol. The molecule has 20 heavy (non-hydrogen) atoms. The average molecular weight is 271 g/mol. The zero-order chi connectivity index (χ0) is 13.9. The van der Waals surface area contributed by atoms with E-state index in [1.165, 1.54) is 6.33 Å². The Morgan fingerprint density at radius 2 is 2.20 bits per heavy atom. The number of hydrogen-bond donors (Lipinski definition) is 3. The number of carbonyl (C=O) groups excluding carboxylic acids is 1. The van der Waals surface area contributed by atoms with E-state index in [4.69, 9.17) is 5.73 Å². The van der Waals surface area contributed by atoms with Crippen molar-refractivity contribution in [3.05, 3.63) is 24.5 Å². The van der Waals surface area contributed by atoms with Gasteiger partial charge in [-0.1, -0.05) is 0 Å². The number of nitrogen functional groups attached to an aromatic ring is 1. The Hall–Kier alpha value is -2.37. The molecule has 1 heterocycles. The van der Waals surface area contributed by atoms with Crippen LogP contribution in [0.25, 0.3) is 10.9 Å². The molecule has 0 bridgehead atoms. The van der Waals surface area contributed by atoms with Crippen molar-refractivity contribution in [2.24, 2.45) is 0 Å². The van der Waals surface area contributed by atoms with Crippen molar-refractivity contribution in [1.82, 2.24) is 15.3 Å². The third kappa shape index (κ3) is 2.96. The molecule has 1 aliphatic carbocycles. The molecule has 1 aliphatic rings. The van der Waals surface area contributed by atoms with Crippen molar-refractivity contribution in [2.45, 2.75) is 25.3 Å². The number of nitrogens with two attached hydrogens (primary N) is 1. The molecule has 3 rings (SSSR count). The van der Waals surface area contributed by atoms with Crippen LogP contribution in [0.4, 0.5) is 11.5 Å². The van der Waals surface area contributed by atoms with Gasteiger partial charge in [-0.3, -0.25) is 4.79 Å². The van der Waals surface area contributed by atoms with E-state index < -0.39 is 0 Å². The number of carbonyl (C=O) groups is 1. The summed E-state index contributed by atoms with van der Waals surface area (Å²) in [7, 11) is 0. The first kappa shape index (κ1) is 12.7. The van der Waals surface area contributed by atoms with Crippen LogP contribution in [0.15, 0.2) is 24.5 Å². The first-order chi connectivity index (χ1) is 9.72. The fourth-order valence-electron chi connectivity index (χ4n) is 2.04. The minimum Gasteiger partial charge on any atom is -0.399 e. The third-order valence-corrected chi connectivity index (χ3v) is 3.25. The van der Waals surface area contributed by atoms with Crippen LogP contribution in [0.5, 0.6) is 0 Å². The Labute approximate surface area is 116 Å². The smallest absolute Gasteiger partial charge is 0.221 e. The van der Waals surface area contributed by atoms with Gasteiger partial charge in [0.15, 0.2) is 0 Å². The topological polar surface area (TPSA) is 92.9 Å². The first-order valence-corrected chi connectivity index (χ1v) is 6.76. The van der Waals surface area contributed by atoms with E-state index >= 15 is 0 Å². The molecular formula is C14H17N5O. The second kappa shape index (κ2) is 5.32. The molecule has 1 amide bonds. The standard InChI is InChI=1S/C14H17N5O/c15-9-1-4-11-12(7-9)17-8-18-14(11)16-6-5-13(20)19-10-2-3-10/h1,4,7-8,10H,2-3,5-6,15H2,(H,19,20)(H,16,17,18). The molecule has 1 saturated carbocycles. The lowest BCUT2D eigenvalue weighted by molar-refractivity contribution is -0.120. The van der Waals surface area contributed by atoms with E-state index in [9.17, 15) is 4.79 Å². The highest BCUT2D eigenvalue weighted by molar-refractivity contribution is 5.90. The lowest BCUT2D eigenvalue weighted by atomic mass is 10.2. The van der Waals surface area contributed by atoms with E-state index in [0.717, 1.165) is 29.6 Å². The second-order valence-corrected chi connectivity index (χ2v) is 5.02. The van der Waals surface area contributed by atoms with Gasteiger partial charge in [0.25, 0.3) is 0 Å². The lowest BCUT2D eigenvalue weighted by Crippen LogP contribution is -2.27. The number of aromatic nitrogens is 2. The van der Waals surface area contributed by atoms with Crippen LogP contribution in [0.3, 0.4) is 0 Å². The van der Waals surface area contributed by atoms with Crippen molar-refractivity contribution >= 4 is 28.3 Å². The van der Waals surface area contributed by atoms with Gasteiger partial charge in [0, 0.05) is 30.1 Å². The van der Waals surface area contributed by atoms with Crippen LogP contribution in [0.2, 0.25) is 0 Å². The van der Waals surface area contributed by atoms with Crippen LogP contribution in [0, 0.1) is 0 Å². The van der Waals surface area contributed by atoms with Crippen LogP contribution >= 0.6 is 0 Å². The number of benzene rings is 1. The molecule has 0 atom stereocenters. The van der Waals surface area contributed by atoms with Crippen molar-refractivity contribution in [1.29, 1.82) is 0 Å². The maximum Gasteiger partial charge on any atom is 0.221 e. The second-order valence-electron chi connectivity index (χ2n) is 5.02. The molecule has 1 aromatic carbocycles. The molecule has 0 unspecified atom stereocenters. The Morgan fingerprint density at radius 3 is 3.00 bits per heavy atom. The molecule has 6 heteroatoms. The highest BCUT2D eigenvalue weighted by Gasteiger charge is 2.22. The molecule has 6 nitrogen and oxygen atoms in total. The Bertz CT molecular complexity index is 638. The Kier molecular flexibility index (Phi) is 3.37. The highest BCUT2D eigenvalue weighted by Crippen LogP contribution is 2.21. The average Bonchev–Trinajstić information content (AvgIpc) is 3.22. The third-order valence-electron chi connectivity index (χ3n) is 3.25. The van der Waals surface area contributed by atoms with E-state index in [2.05, 4.69) is 20.6 Å². The van der Waals surface area contributed by atoms with E-state index in [1.54, 1.807) is 0 Å². The van der Waals surface area contributed by atoms with Crippen molar-refractivity contribution in [2.75, 3.05) is 17.6 Å². The lowest BCUT2D eigenvalue weighted by Gasteiger charge is -2.08. The van der Waals surface area contributed by atoms with Crippen LogP contribution < -0.4 is 16.4 Å². The zero-order valence-electron chi connectivity index (χ0n) is 11.1. The maximum absolute atomic E-state index is 11.6. The largest absolute Gasteiger partial charge is 0.399 e. The fraction of sp³-hybridized carbons (Fsp3) is 0.357. The van der Waals surface area contributed by atoms with E-state index in [-0.39, 0.29) is 5.91 Å². The van der Waals surface area contributed by atoms with Crippen molar-refractivity contribution in [3.8, 4) is 0 Å². The maximum atomic E-state index is 11.6. The number of nitrogens with zero attached hydrogens (tertiary/aromatic N) is 2. The van der Waals surface area contributed by atoms with Gasteiger partial charge in [-0.2, -0.15) is 0 Å². The quantitative estimate of drug-likeness (QED) is 0.713. The number of hydrogen-bond acceptors (Lipinski definition) is 5. The van der Waals surface area contributed by atoms with Gasteiger partial charge in [0.2, 0.25) is 5.91 Å². The van der Waals surface area contributed by atoms with E-state index in [1.807, 2.05) is 18.2 Å². The minimum atomic E-state index is 0.0857. The number of anilines is 2. The van der Waals surface area contributed by atoms with Crippen LogP contribution in [-0.2, 0) is 4.79 Å². The molecule has 2 aromatic rings. The minimum absolute atomic E-state index is 0.0857. The van der Waals surface area contributed by atoms with Gasteiger partial charge in [0.05, 0.1) is 5.52 Å². The summed E-state index contributed by atoms with van der Waals surface area (Å²) in [4.78, 5) is 20.0. The van der Waals surface area contributed by atoms with E-state index in [0.29, 0.717) is 24.7 Å². The van der Waals surface area contributed by atoms with Crippen molar-refractivity contribution in [3.63, 3.8) is 0 Å². The van der Waals surface area contributed by atoms with Gasteiger partial charge in [0.1, 0.15) is 12.1 Å². The molecule has 0 radical (unpaired) electrons. The summed E-state index contributed by atoms with van der Waals surface area (Å²) in [6.45, 7) is 0.551. The van der Waals surface area contributed by atoms with Gasteiger partial charge >= 0.3 is 0 Å². The molecule has 104 valence electrons. The summed E-state index contributed by atoms with van der Waals surface area (Å²) in [5, 5.41) is 7.04. The monoisotopic (exact) mass is 271 g/mol. The Balaban J connectivity index is 1.63. The summed E-state index contributed by atoms with van der Waals surface area (Å²) >= 11 is 0. The van der Waals surface area contributed by atoms with Crippen LogP contribution in [0.1, 0.15) is 19.3 Å². The number of fused-ring (bicyclic) bond motifs is 1. The number of amides is 1. The number of rotatable bonds is 5. The van der Waals surface area contributed by atoms with Gasteiger partial charge < -0.3 is 16.4 Å². The molecule has 1 fully saturated rings. The van der Waals surface area contributed by atoms with Gasteiger partial charge in [-0.15, -0.1) is 0 Å². The first-order valence-electron chi connectivity index (χ1n) is 6.76. The normalized spacial score (nSPS) is 14.2. The summed E-state index contributed by atoms with van der Waals surface area (Å²) < 4.78 is 0. The number of nitrogens with one attached hydrogen (secondary N) is 2. The summed E-state index contributed by atoms with van der Waals surface area (Å²) in [5.41, 5.74) is 7.20. The zero-order valence-corrected chi connectivity index (χ0v) is 11.1. The SMILES string of the molecule is Nc1ccc2c(NCCC(=O)NC3CC3)ncnc2c1. The summed E-state index contributed by atoms with van der Waals surface area (Å²) in [6, 6.07) is 5.92. The Morgan fingerprint density at radius 1 is 1.35 bits per heavy atom. The van der Waals surface area contributed by atoms with Gasteiger partial charge in [-0.25, -0.2) is 9.97 Å². The predicted molar refractivity (Wildman–Crippen MR) is 78.2 cm³/mol. The molecule has 4 N–H and O–H groups in total. The highest BCUT2D eigenvalue weighted by atomic mass is 16.1. The molecule has 0 aliphatic heterocycles. The predicted octanol–water partition coefficient (Wildman–Crippen LogP) is 1.29. The summed E-state index contributed by atoms with van der Waals surface area (Å²) in [5.74, 6) is 0.817. The molecule has 1 aromatic heterocycles. The molecule has 0 spiro atoms. The fourth-order valence-corrected chi connectivity index (χ4v) is 2.04. The van der Waals surface area contributed by atoms with Crippen LogP contribution in [-0.4, -0.2) is 28.5 Å².